The van der Waals surface area contributed by atoms with Gasteiger partial charge in [-0.3, -0.25) is 9.79 Å². The van der Waals surface area contributed by atoms with Crippen LogP contribution in [-0.2, 0) is 4.79 Å². The van der Waals surface area contributed by atoms with E-state index in [4.69, 9.17) is 0 Å². The van der Waals surface area contributed by atoms with Crippen molar-refractivity contribution in [3.05, 3.63) is 72.6 Å². The summed E-state index contributed by atoms with van der Waals surface area (Å²) in [4.78, 5) is 17.7. The van der Waals surface area contributed by atoms with Gasteiger partial charge >= 0.3 is 0 Å². The van der Waals surface area contributed by atoms with Crippen LogP contribution in [0.5, 0.6) is 0 Å². The van der Waals surface area contributed by atoms with Crippen LogP contribution in [0.3, 0.4) is 0 Å². The predicted molar refractivity (Wildman–Crippen MR) is 108 cm³/mol. The number of nitrogens with one attached hydrogen (secondary N) is 1. The van der Waals surface area contributed by atoms with Crippen molar-refractivity contribution in [3.63, 3.8) is 0 Å². The van der Waals surface area contributed by atoms with Gasteiger partial charge in [-0.15, -0.1) is 0 Å². The Hall–Kier alpha value is -3.34. The molecule has 0 aliphatic heterocycles. The summed E-state index contributed by atoms with van der Waals surface area (Å²) in [6.07, 6.45) is 3.86. The topological polar surface area (TPSA) is 49.6 Å². The van der Waals surface area contributed by atoms with E-state index in [2.05, 4.69) is 44.0 Å². The molecular formula is C21H22N4O. The quantitative estimate of drug-likeness (QED) is 0.702. The molecule has 0 aliphatic rings. The molecule has 1 aromatic heterocycles. The van der Waals surface area contributed by atoms with Crippen LogP contribution in [-0.4, -0.2) is 30.8 Å². The van der Waals surface area contributed by atoms with Crippen LogP contribution < -0.4 is 10.2 Å². The maximum atomic E-state index is 11.1. The summed E-state index contributed by atoms with van der Waals surface area (Å²) in [5.74, 6) is -0.0839. The largest absolute Gasteiger partial charge is 0.378 e. The Morgan fingerprint density at radius 1 is 1.04 bits per heavy atom. The standard InChI is InChI=1S/C21H22N4O/c1-16(26)23-18-8-6-17(7-9-18)22-15-21-5-4-14-25(21)20-12-10-19(11-13-20)24(2)3/h4-15H,1-3H3,(H,23,26). The summed E-state index contributed by atoms with van der Waals surface area (Å²) in [7, 11) is 4.06. The summed E-state index contributed by atoms with van der Waals surface area (Å²) in [6.45, 7) is 1.49. The van der Waals surface area contributed by atoms with Gasteiger partial charge in [0.05, 0.1) is 17.6 Å². The molecular weight excluding hydrogens is 324 g/mol. The average Bonchev–Trinajstić information content (AvgIpc) is 3.09. The van der Waals surface area contributed by atoms with E-state index < -0.39 is 0 Å². The monoisotopic (exact) mass is 346 g/mol. The third-order valence-electron chi connectivity index (χ3n) is 3.96. The summed E-state index contributed by atoms with van der Waals surface area (Å²) < 4.78 is 2.09. The van der Waals surface area contributed by atoms with Crippen molar-refractivity contribution in [2.45, 2.75) is 6.92 Å². The molecule has 1 N–H and O–H groups in total. The number of aromatic nitrogens is 1. The van der Waals surface area contributed by atoms with E-state index in [1.807, 2.05) is 62.9 Å². The van der Waals surface area contributed by atoms with Crippen molar-refractivity contribution in [2.24, 2.45) is 4.99 Å². The van der Waals surface area contributed by atoms with E-state index in [0.29, 0.717) is 0 Å². The van der Waals surface area contributed by atoms with E-state index in [0.717, 1.165) is 28.4 Å². The van der Waals surface area contributed by atoms with Crippen LogP contribution in [0.2, 0.25) is 0 Å². The van der Waals surface area contributed by atoms with Gasteiger partial charge in [0.15, 0.2) is 0 Å². The lowest BCUT2D eigenvalue weighted by Gasteiger charge is -2.13. The molecule has 0 unspecified atom stereocenters. The summed E-state index contributed by atoms with van der Waals surface area (Å²) >= 11 is 0. The van der Waals surface area contributed by atoms with Gasteiger partial charge in [0.2, 0.25) is 5.91 Å². The lowest BCUT2D eigenvalue weighted by molar-refractivity contribution is -0.114. The minimum Gasteiger partial charge on any atom is -0.378 e. The Morgan fingerprint density at radius 3 is 2.35 bits per heavy atom. The Kier molecular flexibility index (Phi) is 5.17. The van der Waals surface area contributed by atoms with Crippen LogP contribution in [0.1, 0.15) is 12.6 Å². The molecule has 0 atom stereocenters. The molecule has 0 aliphatic carbocycles. The molecule has 3 rings (SSSR count). The molecule has 0 fully saturated rings. The van der Waals surface area contributed by atoms with Crippen molar-refractivity contribution in [1.82, 2.24) is 4.57 Å². The highest BCUT2D eigenvalue weighted by Gasteiger charge is 2.02. The molecule has 3 aromatic rings. The summed E-state index contributed by atoms with van der Waals surface area (Å²) in [5.41, 5.74) is 4.84. The molecule has 0 saturated heterocycles. The van der Waals surface area contributed by atoms with Crippen molar-refractivity contribution in [2.75, 3.05) is 24.3 Å². The number of anilines is 2. The first kappa shape index (κ1) is 17.5. The fraction of sp³-hybridized carbons (Fsp3) is 0.143. The van der Waals surface area contributed by atoms with E-state index in [1.165, 1.54) is 6.92 Å². The zero-order valence-corrected chi connectivity index (χ0v) is 15.2. The first-order chi connectivity index (χ1) is 12.5. The molecule has 0 spiro atoms. The minimum atomic E-state index is -0.0839. The highest BCUT2D eigenvalue weighted by atomic mass is 16.1. The predicted octanol–water partition coefficient (Wildman–Crippen LogP) is 4.25. The SMILES string of the molecule is CC(=O)Nc1ccc(N=Cc2cccn2-c2ccc(N(C)C)cc2)cc1. The van der Waals surface area contributed by atoms with Crippen LogP contribution in [0, 0.1) is 0 Å². The van der Waals surface area contributed by atoms with E-state index in [1.54, 1.807) is 0 Å². The van der Waals surface area contributed by atoms with Gasteiger partial charge in [0.1, 0.15) is 0 Å². The van der Waals surface area contributed by atoms with Crippen LogP contribution in [0.15, 0.2) is 71.9 Å². The van der Waals surface area contributed by atoms with Gasteiger partial charge in [-0.25, -0.2) is 0 Å². The zero-order chi connectivity index (χ0) is 18.5. The number of amides is 1. The Labute approximate surface area is 153 Å². The normalized spacial score (nSPS) is 10.9. The number of aliphatic imine (C=N–C) groups is 1. The maximum Gasteiger partial charge on any atom is 0.221 e. The van der Waals surface area contributed by atoms with Gasteiger partial charge in [-0.05, 0) is 60.7 Å². The van der Waals surface area contributed by atoms with Gasteiger partial charge in [-0.2, -0.15) is 0 Å². The van der Waals surface area contributed by atoms with Crippen molar-refractivity contribution < 1.29 is 4.79 Å². The minimum absolute atomic E-state index is 0.0839. The number of carbonyl (C=O) groups excluding carboxylic acids is 1. The number of benzene rings is 2. The second-order valence-electron chi connectivity index (χ2n) is 6.20. The van der Waals surface area contributed by atoms with Gasteiger partial charge in [0.25, 0.3) is 0 Å². The van der Waals surface area contributed by atoms with Gasteiger partial charge < -0.3 is 14.8 Å². The number of hydrogen-bond acceptors (Lipinski definition) is 3. The molecule has 0 saturated carbocycles. The van der Waals surface area contributed by atoms with Gasteiger partial charge in [-0.1, -0.05) is 0 Å². The fourth-order valence-electron chi connectivity index (χ4n) is 2.62. The molecule has 2 aromatic carbocycles. The molecule has 0 radical (unpaired) electrons. The van der Waals surface area contributed by atoms with Crippen molar-refractivity contribution in [3.8, 4) is 5.69 Å². The average molecular weight is 346 g/mol. The van der Waals surface area contributed by atoms with Gasteiger partial charge in [0, 0.05) is 44.3 Å². The lowest BCUT2D eigenvalue weighted by atomic mass is 10.2. The molecule has 1 heterocycles. The molecule has 1 amide bonds. The van der Waals surface area contributed by atoms with E-state index in [-0.39, 0.29) is 5.91 Å². The first-order valence-corrected chi connectivity index (χ1v) is 8.40. The maximum absolute atomic E-state index is 11.1. The summed E-state index contributed by atoms with van der Waals surface area (Å²) in [6, 6.07) is 19.8. The Bertz CT molecular complexity index is 906. The second kappa shape index (κ2) is 7.70. The first-order valence-electron chi connectivity index (χ1n) is 8.40. The van der Waals surface area contributed by atoms with Crippen molar-refractivity contribution in [1.29, 1.82) is 0 Å². The van der Waals surface area contributed by atoms with Crippen molar-refractivity contribution >= 4 is 29.2 Å². The van der Waals surface area contributed by atoms with E-state index in [9.17, 15) is 4.79 Å². The number of carbonyl (C=O) groups is 1. The Balaban J connectivity index is 1.78. The second-order valence-corrected chi connectivity index (χ2v) is 6.20. The Morgan fingerprint density at radius 2 is 1.73 bits per heavy atom. The molecule has 5 nitrogen and oxygen atoms in total. The molecule has 132 valence electrons. The van der Waals surface area contributed by atoms with Crippen LogP contribution >= 0.6 is 0 Å². The van der Waals surface area contributed by atoms with E-state index >= 15 is 0 Å². The smallest absolute Gasteiger partial charge is 0.221 e. The third-order valence-corrected chi connectivity index (χ3v) is 3.96. The summed E-state index contributed by atoms with van der Waals surface area (Å²) in [5, 5.41) is 2.75. The highest BCUT2D eigenvalue weighted by Crippen LogP contribution is 2.19. The fourth-order valence-corrected chi connectivity index (χ4v) is 2.62. The zero-order valence-electron chi connectivity index (χ0n) is 15.2. The molecule has 5 heteroatoms. The molecule has 0 bridgehead atoms. The number of nitrogens with zero attached hydrogens (tertiary/aromatic N) is 3. The highest BCUT2D eigenvalue weighted by molar-refractivity contribution is 5.89. The third kappa shape index (κ3) is 4.19. The van der Waals surface area contributed by atoms with Crippen LogP contribution in [0.4, 0.5) is 17.1 Å². The lowest BCUT2D eigenvalue weighted by Crippen LogP contribution is -2.08. The van der Waals surface area contributed by atoms with Crippen LogP contribution in [0.25, 0.3) is 5.69 Å². The number of hydrogen-bond donors (Lipinski definition) is 1. The molecule has 26 heavy (non-hydrogen) atoms. The number of rotatable bonds is 5.